The van der Waals surface area contributed by atoms with Gasteiger partial charge >= 0.3 is 0 Å². The first kappa shape index (κ1) is 7.76. The van der Waals surface area contributed by atoms with Gasteiger partial charge in [-0.3, -0.25) is 0 Å². The molecule has 56 valence electrons. The molecule has 0 bridgehead atoms. The first-order chi connectivity index (χ1) is 4.68. The molecule has 0 N–H and O–H groups in total. The summed E-state index contributed by atoms with van der Waals surface area (Å²) >= 11 is 1.84. The minimum atomic E-state index is 1.07. The second kappa shape index (κ2) is 3.17. The quantitative estimate of drug-likeness (QED) is 0.632. The summed E-state index contributed by atoms with van der Waals surface area (Å²) in [6.07, 6.45) is 0. The molecule has 0 spiro atoms. The number of thiophene rings is 1. The van der Waals surface area contributed by atoms with Crippen LogP contribution in [0.3, 0.4) is 0 Å². The summed E-state index contributed by atoms with van der Waals surface area (Å²) in [6, 6.07) is 2.24. The van der Waals surface area contributed by atoms with E-state index in [1.165, 1.54) is 10.4 Å². The van der Waals surface area contributed by atoms with Crippen molar-refractivity contribution in [3.8, 4) is 0 Å². The summed E-state index contributed by atoms with van der Waals surface area (Å²) < 4.78 is 0. The van der Waals surface area contributed by atoms with E-state index in [-0.39, 0.29) is 0 Å². The van der Waals surface area contributed by atoms with Crippen molar-refractivity contribution in [2.75, 3.05) is 14.1 Å². The van der Waals surface area contributed by atoms with Gasteiger partial charge in [-0.2, -0.15) is 0 Å². The maximum absolute atomic E-state index is 2.24. The predicted molar refractivity (Wildman–Crippen MR) is 46.4 cm³/mol. The van der Waals surface area contributed by atoms with Crippen LogP contribution in [0.4, 0.5) is 0 Å². The Morgan fingerprint density at radius 2 is 2.20 bits per heavy atom. The molecule has 1 nitrogen and oxygen atoms in total. The van der Waals surface area contributed by atoms with Gasteiger partial charge in [0, 0.05) is 11.4 Å². The highest BCUT2D eigenvalue weighted by Gasteiger charge is 1.96. The van der Waals surface area contributed by atoms with Gasteiger partial charge in [0.1, 0.15) is 0 Å². The molecular formula is C8H13NS. The fourth-order valence-corrected chi connectivity index (χ4v) is 1.88. The Morgan fingerprint density at radius 3 is 2.60 bits per heavy atom. The molecule has 0 aliphatic heterocycles. The Bertz CT molecular complexity index is 203. The fraction of sp³-hybridized carbons (Fsp3) is 0.500. The zero-order valence-corrected chi connectivity index (χ0v) is 7.53. The average Bonchev–Trinajstić information content (AvgIpc) is 2.13. The van der Waals surface area contributed by atoms with Crippen LogP contribution >= 0.6 is 11.3 Å². The van der Waals surface area contributed by atoms with Crippen molar-refractivity contribution in [2.24, 2.45) is 0 Å². The smallest absolute Gasteiger partial charge is 0.0321 e. The lowest BCUT2D eigenvalue weighted by atomic mass is 10.3. The molecule has 1 aromatic rings. The van der Waals surface area contributed by atoms with Crippen molar-refractivity contribution < 1.29 is 0 Å². The third-order valence-electron chi connectivity index (χ3n) is 1.26. The molecule has 1 aromatic heterocycles. The summed E-state index contributed by atoms with van der Waals surface area (Å²) in [6.45, 7) is 3.20. The molecule has 10 heavy (non-hydrogen) atoms. The van der Waals surface area contributed by atoms with Crippen LogP contribution in [0.5, 0.6) is 0 Å². The van der Waals surface area contributed by atoms with Gasteiger partial charge in [-0.05, 0) is 38.0 Å². The van der Waals surface area contributed by atoms with Crippen LogP contribution in [-0.2, 0) is 6.54 Å². The Balaban J connectivity index is 2.58. The van der Waals surface area contributed by atoms with E-state index in [2.05, 4.69) is 37.4 Å². The van der Waals surface area contributed by atoms with E-state index in [4.69, 9.17) is 0 Å². The summed E-state index contributed by atoms with van der Waals surface area (Å²) in [5.41, 5.74) is 1.38. The lowest BCUT2D eigenvalue weighted by Gasteiger charge is -2.05. The molecule has 0 saturated heterocycles. The summed E-state index contributed by atoms with van der Waals surface area (Å²) in [4.78, 5) is 3.63. The Kier molecular flexibility index (Phi) is 2.46. The highest BCUT2D eigenvalue weighted by atomic mass is 32.1. The van der Waals surface area contributed by atoms with Gasteiger partial charge < -0.3 is 4.90 Å². The number of aryl methyl sites for hydroxylation is 1. The molecule has 0 amide bonds. The van der Waals surface area contributed by atoms with Crippen molar-refractivity contribution in [3.05, 3.63) is 21.9 Å². The molecule has 0 aliphatic rings. The maximum Gasteiger partial charge on any atom is 0.0321 e. The fourth-order valence-electron chi connectivity index (χ4n) is 0.885. The zero-order valence-electron chi connectivity index (χ0n) is 6.72. The van der Waals surface area contributed by atoms with Crippen molar-refractivity contribution in [1.29, 1.82) is 0 Å². The van der Waals surface area contributed by atoms with Gasteiger partial charge in [0.15, 0.2) is 0 Å². The molecule has 0 fully saturated rings. The molecule has 2 heteroatoms. The topological polar surface area (TPSA) is 3.24 Å². The Morgan fingerprint density at radius 1 is 1.50 bits per heavy atom. The third kappa shape index (κ3) is 2.12. The van der Waals surface area contributed by atoms with E-state index in [0.29, 0.717) is 0 Å². The first-order valence-electron chi connectivity index (χ1n) is 3.37. The molecule has 1 heterocycles. The first-order valence-corrected chi connectivity index (χ1v) is 4.25. The van der Waals surface area contributed by atoms with Crippen LogP contribution in [0.25, 0.3) is 0 Å². The highest BCUT2D eigenvalue weighted by molar-refractivity contribution is 7.10. The van der Waals surface area contributed by atoms with Crippen LogP contribution in [0.2, 0.25) is 0 Å². The van der Waals surface area contributed by atoms with E-state index in [1.54, 1.807) is 0 Å². The van der Waals surface area contributed by atoms with Crippen molar-refractivity contribution in [3.63, 3.8) is 0 Å². The van der Waals surface area contributed by atoms with Crippen molar-refractivity contribution in [1.82, 2.24) is 4.90 Å². The number of hydrogen-bond acceptors (Lipinski definition) is 2. The van der Waals surface area contributed by atoms with Gasteiger partial charge in [-0.15, -0.1) is 11.3 Å². The van der Waals surface area contributed by atoms with Crippen LogP contribution in [0, 0.1) is 6.92 Å². The number of hydrogen-bond donors (Lipinski definition) is 0. The largest absolute Gasteiger partial charge is 0.304 e. The molecule has 1 rings (SSSR count). The minimum absolute atomic E-state index is 1.07. The van der Waals surface area contributed by atoms with Crippen molar-refractivity contribution >= 4 is 11.3 Å². The molecule has 0 aliphatic carbocycles. The van der Waals surface area contributed by atoms with Gasteiger partial charge in [0.2, 0.25) is 0 Å². The summed E-state index contributed by atoms with van der Waals surface area (Å²) in [5, 5.41) is 2.19. The molecule has 0 radical (unpaired) electrons. The standard InChI is InChI=1S/C8H13NS/c1-7-4-8(10-6-7)5-9(2)3/h4,6H,5H2,1-3H3. The van der Waals surface area contributed by atoms with Gasteiger partial charge in [-0.1, -0.05) is 0 Å². The van der Waals surface area contributed by atoms with Crippen LogP contribution in [0.15, 0.2) is 11.4 Å². The molecule has 0 atom stereocenters. The second-order valence-electron chi connectivity index (χ2n) is 2.83. The lowest BCUT2D eigenvalue weighted by molar-refractivity contribution is 0.406. The second-order valence-corrected chi connectivity index (χ2v) is 3.82. The maximum atomic E-state index is 2.24. The zero-order chi connectivity index (χ0) is 7.56. The SMILES string of the molecule is Cc1csc(CN(C)C)c1. The van der Waals surface area contributed by atoms with Gasteiger partial charge in [-0.25, -0.2) is 0 Å². The van der Waals surface area contributed by atoms with Crippen LogP contribution in [0.1, 0.15) is 10.4 Å². The minimum Gasteiger partial charge on any atom is -0.304 e. The van der Waals surface area contributed by atoms with E-state index >= 15 is 0 Å². The lowest BCUT2D eigenvalue weighted by Crippen LogP contribution is -2.09. The van der Waals surface area contributed by atoms with Crippen LogP contribution in [-0.4, -0.2) is 19.0 Å². The van der Waals surface area contributed by atoms with E-state index in [1.807, 2.05) is 11.3 Å². The highest BCUT2D eigenvalue weighted by Crippen LogP contribution is 2.14. The van der Waals surface area contributed by atoms with E-state index in [9.17, 15) is 0 Å². The van der Waals surface area contributed by atoms with E-state index in [0.717, 1.165) is 6.54 Å². The molecular weight excluding hydrogens is 142 g/mol. The average molecular weight is 155 g/mol. The molecule has 0 aromatic carbocycles. The number of nitrogens with zero attached hydrogens (tertiary/aromatic N) is 1. The third-order valence-corrected chi connectivity index (χ3v) is 2.30. The molecule has 0 saturated carbocycles. The van der Waals surface area contributed by atoms with Crippen molar-refractivity contribution in [2.45, 2.75) is 13.5 Å². The van der Waals surface area contributed by atoms with Crippen LogP contribution < -0.4 is 0 Å². The summed E-state index contributed by atoms with van der Waals surface area (Å²) in [5.74, 6) is 0. The Hall–Kier alpha value is -0.340. The van der Waals surface area contributed by atoms with E-state index < -0.39 is 0 Å². The van der Waals surface area contributed by atoms with Gasteiger partial charge in [0.05, 0.1) is 0 Å². The van der Waals surface area contributed by atoms with Gasteiger partial charge in [0.25, 0.3) is 0 Å². The number of rotatable bonds is 2. The monoisotopic (exact) mass is 155 g/mol. The molecule has 0 unspecified atom stereocenters. The summed E-state index contributed by atoms with van der Waals surface area (Å²) in [7, 11) is 4.18. The normalized spacial score (nSPS) is 10.8. The Labute approximate surface area is 66.3 Å². The predicted octanol–water partition coefficient (Wildman–Crippen LogP) is 2.12.